The fourth-order valence-corrected chi connectivity index (χ4v) is 4.94. The van der Waals surface area contributed by atoms with Crippen molar-refractivity contribution in [1.29, 1.82) is 0 Å². The van der Waals surface area contributed by atoms with Crippen LogP contribution in [0.15, 0.2) is 55.0 Å². The monoisotopic (exact) mass is 484 g/mol. The lowest BCUT2D eigenvalue weighted by molar-refractivity contribution is 0.0480. The molecule has 1 aliphatic rings. The number of hydrogen-bond acceptors (Lipinski definition) is 7. The zero-order valence-electron chi connectivity index (χ0n) is 21.0. The van der Waals surface area contributed by atoms with Crippen LogP contribution in [0, 0.1) is 6.92 Å². The van der Waals surface area contributed by atoms with Gasteiger partial charge in [0.2, 0.25) is 0 Å². The van der Waals surface area contributed by atoms with Crippen LogP contribution in [-0.4, -0.2) is 69.1 Å². The number of rotatable bonds is 7. The van der Waals surface area contributed by atoms with Crippen molar-refractivity contribution in [1.82, 2.24) is 30.2 Å². The summed E-state index contributed by atoms with van der Waals surface area (Å²) in [5, 5.41) is 4.40. The maximum Gasteiger partial charge on any atom is 0.339 e. The van der Waals surface area contributed by atoms with E-state index in [9.17, 15) is 4.79 Å². The molecule has 0 saturated carbocycles. The Labute approximate surface area is 211 Å². The van der Waals surface area contributed by atoms with Crippen LogP contribution in [0.4, 0.5) is 0 Å². The molecular weight excluding hydrogens is 452 g/mol. The van der Waals surface area contributed by atoms with Gasteiger partial charge in [-0.15, -0.1) is 0 Å². The summed E-state index contributed by atoms with van der Waals surface area (Å²) in [6.45, 7) is 9.72. The van der Waals surface area contributed by atoms with E-state index in [1.54, 1.807) is 12.5 Å². The highest BCUT2D eigenvalue weighted by Crippen LogP contribution is 2.30. The average molecular weight is 485 g/mol. The average Bonchev–Trinajstić information content (AvgIpc) is 3.35. The smallest absolute Gasteiger partial charge is 0.339 e. The highest BCUT2D eigenvalue weighted by molar-refractivity contribution is 5.95. The molecule has 1 aliphatic heterocycles. The Morgan fingerprint density at radius 1 is 1.11 bits per heavy atom. The molecule has 0 bridgehead atoms. The zero-order chi connectivity index (χ0) is 25.1. The molecule has 1 saturated heterocycles. The summed E-state index contributed by atoms with van der Waals surface area (Å²) in [7, 11) is 0. The second-order valence-electron chi connectivity index (χ2n) is 9.64. The van der Waals surface area contributed by atoms with Gasteiger partial charge < -0.3 is 19.9 Å². The molecule has 8 heteroatoms. The summed E-state index contributed by atoms with van der Waals surface area (Å²) in [4.78, 5) is 32.0. The first-order chi connectivity index (χ1) is 17.5. The highest BCUT2D eigenvalue weighted by Gasteiger charge is 2.20. The second kappa shape index (κ2) is 10.6. The largest absolute Gasteiger partial charge is 0.462 e. The van der Waals surface area contributed by atoms with E-state index < -0.39 is 0 Å². The molecule has 0 spiro atoms. The standard InChI is InChI=1S/C28H32N6O2/c1-18-6-4-7-25(33-18)27-26(30-17-31-27)21-8-9-24-22(12-21)13-23(14-29-24)28(35)36-11-5-10-34-15-19(2)32-20(3)16-34/h4,6-9,12-14,17,19-20,32H,5,10-11,15-16H2,1-3H3,(H,30,31)/t19-,20+. The molecule has 0 radical (unpaired) electrons. The van der Waals surface area contributed by atoms with Crippen molar-refractivity contribution in [2.75, 3.05) is 26.2 Å². The number of nitrogens with one attached hydrogen (secondary N) is 2. The number of fused-ring (bicyclic) bond motifs is 1. The van der Waals surface area contributed by atoms with Crippen LogP contribution in [-0.2, 0) is 4.74 Å². The number of ether oxygens (including phenoxy) is 1. The van der Waals surface area contributed by atoms with E-state index >= 15 is 0 Å². The molecular formula is C28H32N6O2. The number of pyridine rings is 2. The molecule has 3 aromatic heterocycles. The zero-order valence-corrected chi connectivity index (χ0v) is 21.0. The van der Waals surface area contributed by atoms with E-state index in [1.165, 1.54) is 0 Å². The number of H-pyrrole nitrogens is 1. The number of hydrogen-bond donors (Lipinski definition) is 2. The van der Waals surface area contributed by atoms with Gasteiger partial charge in [0, 0.05) is 54.6 Å². The minimum absolute atomic E-state index is 0.346. The number of aromatic nitrogens is 4. The third-order valence-corrected chi connectivity index (χ3v) is 6.46. The third kappa shape index (κ3) is 5.45. The number of imidazole rings is 1. The summed E-state index contributed by atoms with van der Waals surface area (Å²) in [6.07, 6.45) is 4.07. The lowest BCUT2D eigenvalue weighted by atomic mass is 10.0. The van der Waals surface area contributed by atoms with E-state index in [0.29, 0.717) is 24.3 Å². The summed E-state index contributed by atoms with van der Waals surface area (Å²) in [6, 6.07) is 14.6. The van der Waals surface area contributed by atoms with Crippen molar-refractivity contribution in [3.8, 4) is 22.6 Å². The van der Waals surface area contributed by atoms with Gasteiger partial charge in [-0.1, -0.05) is 12.1 Å². The van der Waals surface area contributed by atoms with Crippen LogP contribution in [0.25, 0.3) is 33.5 Å². The number of benzene rings is 1. The van der Waals surface area contributed by atoms with Gasteiger partial charge in [-0.2, -0.15) is 0 Å². The van der Waals surface area contributed by atoms with E-state index in [4.69, 9.17) is 4.74 Å². The van der Waals surface area contributed by atoms with Crippen LogP contribution >= 0.6 is 0 Å². The predicted octanol–water partition coefficient (Wildman–Crippen LogP) is 4.22. The lowest BCUT2D eigenvalue weighted by Gasteiger charge is -2.36. The predicted molar refractivity (Wildman–Crippen MR) is 141 cm³/mol. The van der Waals surface area contributed by atoms with Crippen LogP contribution < -0.4 is 5.32 Å². The third-order valence-electron chi connectivity index (χ3n) is 6.46. The fourth-order valence-electron chi connectivity index (χ4n) is 4.94. The number of carbonyl (C=O) groups is 1. The molecule has 2 N–H and O–H groups in total. The van der Waals surface area contributed by atoms with E-state index in [1.807, 2.05) is 49.4 Å². The van der Waals surface area contributed by atoms with Gasteiger partial charge in [0.15, 0.2) is 0 Å². The molecule has 0 amide bonds. The number of esters is 1. The van der Waals surface area contributed by atoms with Gasteiger partial charge in [-0.05, 0) is 57.5 Å². The molecule has 0 unspecified atom stereocenters. The molecule has 4 heterocycles. The highest BCUT2D eigenvalue weighted by atomic mass is 16.5. The normalized spacial score (nSPS) is 18.4. The second-order valence-corrected chi connectivity index (χ2v) is 9.64. The summed E-state index contributed by atoms with van der Waals surface area (Å²) in [5.74, 6) is -0.346. The first-order valence-corrected chi connectivity index (χ1v) is 12.5. The first kappa shape index (κ1) is 24.1. The SMILES string of the molecule is Cc1cccc(-c2[nH]cnc2-c2ccc3ncc(C(=O)OCCCN4C[C@@H](C)N[C@@H](C)C4)cc3c2)n1. The molecule has 4 aromatic rings. The number of aryl methyl sites for hydroxylation is 1. The molecule has 8 nitrogen and oxygen atoms in total. The number of piperazine rings is 1. The molecule has 36 heavy (non-hydrogen) atoms. The van der Waals surface area contributed by atoms with Gasteiger partial charge in [0.05, 0.1) is 41.1 Å². The van der Waals surface area contributed by atoms with Crippen molar-refractivity contribution in [2.24, 2.45) is 0 Å². The quantitative estimate of drug-likeness (QED) is 0.299. The van der Waals surface area contributed by atoms with Crippen LogP contribution in [0.2, 0.25) is 0 Å². The number of carbonyl (C=O) groups excluding carboxylic acids is 1. The lowest BCUT2D eigenvalue weighted by Crippen LogP contribution is -2.54. The van der Waals surface area contributed by atoms with Crippen molar-refractivity contribution >= 4 is 16.9 Å². The van der Waals surface area contributed by atoms with Crippen molar-refractivity contribution in [2.45, 2.75) is 39.3 Å². The Morgan fingerprint density at radius 2 is 1.94 bits per heavy atom. The van der Waals surface area contributed by atoms with Gasteiger partial charge in [0.1, 0.15) is 0 Å². The Balaban J connectivity index is 1.27. The van der Waals surface area contributed by atoms with Crippen molar-refractivity contribution < 1.29 is 9.53 Å². The fraction of sp³-hybridized carbons (Fsp3) is 0.357. The van der Waals surface area contributed by atoms with Gasteiger partial charge in [-0.3, -0.25) is 9.97 Å². The Hall–Kier alpha value is -3.62. The Kier molecular flexibility index (Phi) is 7.06. The minimum atomic E-state index is -0.346. The van der Waals surface area contributed by atoms with Gasteiger partial charge in [-0.25, -0.2) is 9.78 Å². The maximum atomic E-state index is 12.7. The summed E-state index contributed by atoms with van der Waals surface area (Å²) in [5.41, 5.74) is 5.62. The van der Waals surface area contributed by atoms with E-state index in [-0.39, 0.29) is 5.97 Å². The minimum Gasteiger partial charge on any atom is -0.462 e. The first-order valence-electron chi connectivity index (χ1n) is 12.5. The topological polar surface area (TPSA) is 96.0 Å². The Morgan fingerprint density at radius 3 is 2.75 bits per heavy atom. The number of aromatic amines is 1. The van der Waals surface area contributed by atoms with Crippen molar-refractivity contribution in [3.05, 3.63) is 66.2 Å². The molecule has 5 rings (SSSR count). The molecule has 1 fully saturated rings. The molecule has 2 atom stereocenters. The van der Waals surface area contributed by atoms with E-state index in [0.717, 1.165) is 65.3 Å². The summed E-state index contributed by atoms with van der Waals surface area (Å²) < 4.78 is 5.57. The molecule has 1 aromatic carbocycles. The Bertz CT molecular complexity index is 1360. The van der Waals surface area contributed by atoms with Crippen LogP contribution in [0.5, 0.6) is 0 Å². The molecule has 0 aliphatic carbocycles. The van der Waals surface area contributed by atoms with Crippen LogP contribution in [0.1, 0.15) is 36.3 Å². The van der Waals surface area contributed by atoms with Gasteiger partial charge in [0.25, 0.3) is 0 Å². The van der Waals surface area contributed by atoms with Crippen molar-refractivity contribution in [3.63, 3.8) is 0 Å². The number of nitrogens with zero attached hydrogens (tertiary/aromatic N) is 4. The van der Waals surface area contributed by atoms with Crippen LogP contribution in [0.3, 0.4) is 0 Å². The summed E-state index contributed by atoms with van der Waals surface area (Å²) >= 11 is 0. The maximum absolute atomic E-state index is 12.7. The van der Waals surface area contributed by atoms with Gasteiger partial charge >= 0.3 is 5.97 Å². The molecule has 186 valence electrons. The van der Waals surface area contributed by atoms with E-state index in [2.05, 4.69) is 44.0 Å².